The third-order valence-corrected chi connectivity index (χ3v) is 2.27. The molecule has 0 aromatic carbocycles. The van der Waals surface area contributed by atoms with E-state index in [1.54, 1.807) is 0 Å². The third kappa shape index (κ3) is 2.67. The topological polar surface area (TPSA) is 35.8 Å². The van der Waals surface area contributed by atoms with Crippen molar-refractivity contribution in [2.75, 3.05) is 0 Å². The Morgan fingerprint density at radius 3 is 3.00 bits per heavy atom. The summed E-state index contributed by atoms with van der Waals surface area (Å²) in [4.78, 5) is 0. The van der Waals surface area contributed by atoms with Crippen LogP contribution in [0.15, 0.2) is 12.2 Å². The van der Waals surface area contributed by atoms with Crippen LogP contribution < -0.4 is 5.32 Å². The van der Waals surface area contributed by atoms with E-state index in [-0.39, 0.29) is 6.04 Å². The van der Waals surface area contributed by atoms with Gasteiger partial charge in [-0.1, -0.05) is 19.1 Å². The van der Waals surface area contributed by atoms with Crippen molar-refractivity contribution < 1.29 is 0 Å². The molecule has 0 aromatic rings. The number of hydrogen-bond donors (Lipinski definition) is 1. The average Bonchev–Trinajstić information content (AvgIpc) is 2.16. The Kier molecular flexibility index (Phi) is 3.83. The fourth-order valence-corrected chi connectivity index (χ4v) is 1.48. The van der Waals surface area contributed by atoms with E-state index in [0.29, 0.717) is 6.04 Å². The lowest BCUT2D eigenvalue weighted by Gasteiger charge is -2.21. The molecule has 2 heteroatoms. The van der Waals surface area contributed by atoms with Crippen LogP contribution in [0.2, 0.25) is 0 Å². The molecule has 0 aromatic heterocycles. The zero-order valence-corrected chi connectivity index (χ0v) is 7.59. The van der Waals surface area contributed by atoms with Gasteiger partial charge in [-0.05, 0) is 25.7 Å². The molecule has 1 aliphatic carbocycles. The highest BCUT2D eigenvalue weighted by molar-refractivity contribution is 4.97. The van der Waals surface area contributed by atoms with Crippen molar-refractivity contribution in [2.24, 2.45) is 0 Å². The summed E-state index contributed by atoms with van der Waals surface area (Å²) in [5, 5.41) is 12.1. The molecule has 0 fully saturated rings. The van der Waals surface area contributed by atoms with Crippen molar-refractivity contribution in [3.8, 4) is 6.07 Å². The molecule has 2 nitrogen and oxygen atoms in total. The van der Waals surface area contributed by atoms with Gasteiger partial charge in [-0.25, -0.2) is 0 Å². The molecular weight excluding hydrogens is 148 g/mol. The van der Waals surface area contributed by atoms with Crippen LogP contribution >= 0.6 is 0 Å². The summed E-state index contributed by atoms with van der Waals surface area (Å²) >= 11 is 0. The van der Waals surface area contributed by atoms with E-state index >= 15 is 0 Å². The van der Waals surface area contributed by atoms with Gasteiger partial charge in [0.2, 0.25) is 0 Å². The molecule has 0 aliphatic heterocycles. The molecule has 66 valence electrons. The number of nitriles is 1. The number of rotatable bonds is 3. The van der Waals surface area contributed by atoms with Crippen LogP contribution in [0, 0.1) is 11.3 Å². The smallest absolute Gasteiger partial charge is 0.0952 e. The fraction of sp³-hybridized carbons (Fsp3) is 0.700. The van der Waals surface area contributed by atoms with E-state index in [9.17, 15) is 0 Å². The Morgan fingerprint density at radius 1 is 1.67 bits per heavy atom. The monoisotopic (exact) mass is 164 g/mol. The maximum absolute atomic E-state index is 8.73. The highest BCUT2D eigenvalue weighted by Crippen LogP contribution is 2.11. The van der Waals surface area contributed by atoms with Crippen molar-refractivity contribution in [1.82, 2.24) is 5.32 Å². The molecule has 0 bridgehead atoms. The molecule has 12 heavy (non-hydrogen) atoms. The van der Waals surface area contributed by atoms with Crippen molar-refractivity contribution in [1.29, 1.82) is 5.26 Å². The lowest BCUT2D eigenvalue weighted by atomic mass is 10.0. The highest BCUT2D eigenvalue weighted by atomic mass is 14.9. The Bertz CT molecular complexity index is 191. The van der Waals surface area contributed by atoms with Crippen LogP contribution in [0.1, 0.15) is 32.6 Å². The summed E-state index contributed by atoms with van der Waals surface area (Å²) < 4.78 is 0. The molecule has 2 unspecified atom stereocenters. The predicted octanol–water partition coefficient (Wildman–Crippen LogP) is 1.99. The first-order chi connectivity index (χ1) is 5.86. The van der Waals surface area contributed by atoms with Crippen molar-refractivity contribution in [3.63, 3.8) is 0 Å². The first-order valence-electron chi connectivity index (χ1n) is 4.67. The van der Waals surface area contributed by atoms with Gasteiger partial charge < -0.3 is 0 Å². The summed E-state index contributed by atoms with van der Waals surface area (Å²) in [6.07, 6.45) is 8.72. The third-order valence-electron chi connectivity index (χ3n) is 2.27. The first kappa shape index (κ1) is 9.28. The quantitative estimate of drug-likeness (QED) is 0.647. The highest BCUT2D eigenvalue weighted by Gasteiger charge is 2.13. The van der Waals surface area contributed by atoms with E-state index in [4.69, 9.17) is 5.26 Å². The maximum atomic E-state index is 8.73. The second-order valence-corrected chi connectivity index (χ2v) is 3.24. The molecule has 0 saturated carbocycles. The van der Waals surface area contributed by atoms with Crippen LogP contribution in [-0.4, -0.2) is 12.1 Å². The maximum Gasteiger partial charge on any atom is 0.0952 e. The van der Waals surface area contributed by atoms with Crippen LogP contribution in [0.25, 0.3) is 0 Å². The Morgan fingerprint density at radius 2 is 2.50 bits per heavy atom. The van der Waals surface area contributed by atoms with Gasteiger partial charge in [0.1, 0.15) is 0 Å². The van der Waals surface area contributed by atoms with Gasteiger partial charge in [0.05, 0.1) is 12.1 Å². The van der Waals surface area contributed by atoms with E-state index in [1.807, 2.05) is 6.92 Å². The van der Waals surface area contributed by atoms with Crippen molar-refractivity contribution in [2.45, 2.75) is 44.7 Å². The zero-order valence-electron chi connectivity index (χ0n) is 7.59. The summed E-state index contributed by atoms with van der Waals surface area (Å²) in [6, 6.07) is 2.83. The summed E-state index contributed by atoms with van der Waals surface area (Å²) in [7, 11) is 0. The number of allylic oxidation sites excluding steroid dienone is 1. The zero-order chi connectivity index (χ0) is 8.81. The van der Waals surface area contributed by atoms with E-state index in [1.165, 1.54) is 6.42 Å². The lowest BCUT2D eigenvalue weighted by molar-refractivity contribution is 0.437. The van der Waals surface area contributed by atoms with Crippen LogP contribution in [0.4, 0.5) is 0 Å². The summed E-state index contributed by atoms with van der Waals surface area (Å²) in [5.74, 6) is 0. The molecule has 0 saturated heterocycles. The second kappa shape index (κ2) is 4.95. The van der Waals surface area contributed by atoms with Crippen LogP contribution in [0.3, 0.4) is 0 Å². The average molecular weight is 164 g/mol. The van der Waals surface area contributed by atoms with Gasteiger partial charge in [0, 0.05) is 6.04 Å². The Balaban J connectivity index is 2.30. The Hall–Kier alpha value is -0.810. The number of nitrogens with one attached hydrogen (secondary N) is 1. The predicted molar refractivity (Wildman–Crippen MR) is 49.6 cm³/mol. The fourth-order valence-electron chi connectivity index (χ4n) is 1.48. The second-order valence-electron chi connectivity index (χ2n) is 3.24. The van der Waals surface area contributed by atoms with Crippen molar-refractivity contribution >= 4 is 0 Å². The van der Waals surface area contributed by atoms with Crippen LogP contribution in [-0.2, 0) is 0 Å². The summed E-state index contributed by atoms with van der Waals surface area (Å²) in [5.41, 5.74) is 0. The van der Waals surface area contributed by atoms with Gasteiger partial charge in [-0.15, -0.1) is 0 Å². The Labute approximate surface area is 74.3 Å². The standard InChI is InChI=1S/C10H16N2/c1-2-9(8-11)12-10-6-4-3-5-7-10/h3-4,9-10,12H,2,5-7H2,1H3. The van der Waals surface area contributed by atoms with Gasteiger partial charge >= 0.3 is 0 Å². The molecule has 0 heterocycles. The van der Waals surface area contributed by atoms with Gasteiger partial charge in [0.15, 0.2) is 0 Å². The molecule has 0 spiro atoms. The molecule has 1 aliphatic rings. The number of nitrogens with zero attached hydrogens (tertiary/aromatic N) is 1. The van der Waals surface area contributed by atoms with Crippen LogP contribution in [0.5, 0.6) is 0 Å². The minimum absolute atomic E-state index is 0.0431. The van der Waals surface area contributed by atoms with Gasteiger partial charge in [-0.2, -0.15) is 5.26 Å². The molecule has 1 N–H and O–H groups in total. The normalized spacial score (nSPS) is 24.8. The van der Waals surface area contributed by atoms with Gasteiger partial charge in [-0.3, -0.25) is 5.32 Å². The van der Waals surface area contributed by atoms with Crippen molar-refractivity contribution in [3.05, 3.63) is 12.2 Å². The van der Waals surface area contributed by atoms with Gasteiger partial charge in [0.25, 0.3) is 0 Å². The van der Waals surface area contributed by atoms with E-state index in [2.05, 4.69) is 23.5 Å². The largest absolute Gasteiger partial charge is 0.299 e. The minimum Gasteiger partial charge on any atom is -0.299 e. The number of hydrogen-bond acceptors (Lipinski definition) is 2. The lowest BCUT2D eigenvalue weighted by Crippen LogP contribution is -2.37. The van der Waals surface area contributed by atoms with E-state index < -0.39 is 0 Å². The molecular formula is C10H16N2. The molecule has 1 rings (SSSR count). The molecule has 2 atom stereocenters. The molecule has 0 radical (unpaired) electrons. The SMILES string of the molecule is CCC(C#N)NC1CC=CCC1. The first-order valence-corrected chi connectivity index (χ1v) is 4.67. The van der Waals surface area contributed by atoms with E-state index in [0.717, 1.165) is 19.3 Å². The summed E-state index contributed by atoms with van der Waals surface area (Å²) in [6.45, 7) is 2.04. The minimum atomic E-state index is 0.0431. The molecule has 0 amide bonds.